The van der Waals surface area contributed by atoms with Crippen molar-refractivity contribution < 1.29 is 22.7 Å². The van der Waals surface area contributed by atoms with Crippen LogP contribution in [0.15, 0.2) is 11.1 Å². The van der Waals surface area contributed by atoms with Gasteiger partial charge in [0.2, 0.25) is 10.0 Å². The number of hydrogen-bond acceptors (Lipinski definition) is 6. The van der Waals surface area contributed by atoms with Crippen LogP contribution < -0.4 is 5.32 Å². The van der Waals surface area contributed by atoms with Crippen LogP contribution in [0.2, 0.25) is 0 Å². The average molecular weight is 414 g/mol. The molecule has 0 aromatic rings. The highest BCUT2D eigenvalue weighted by Gasteiger charge is 2.51. The van der Waals surface area contributed by atoms with Gasteiger partial charge in [0.1, 0.15) is 5.60 Å². The molecular weight excluding hydrogens is 382 g/mol. The first kappa shape index (κ1) is 21.3. The third-order valence-corrected chi connectivity index (χ3v) is 7.96. The number of esters is 1. The minimum atomic E-state index is -3.29. The topological polar surface area (TPSA) is 96.0 Å². The summed E-state index contributed by atoms with van der Waals surface area (Å²) >= 11 is 0. The summed E-state index contributed by atoms with van der Waals surface area (Å²) in [7, 11) is -3.29. The summed E-state index contributed by atoms with van der Waals surface area (Å²) in [4.78, 5) is 27.5. The van der Waals surface area contributed by atoms with E-state index in [0.29, 0.717) is 30.5 Å². The second-order valence-corrected chi connectivity index (χ2v) is 10.1. The molecule has 3 aliphatic rings. The molecule has 158 valence electrons. The van der Waals surface area contributed by atoms with Crippen molar-refractivity contribution in [3.05, 3.63) is 11.1 Å². The van der Waals surface area contributed by atoms with Gasteiger partial charge in [0.15, 0.2) is 0 Å². The first-order valence-corrected chi connectivity index (χ1v) is 11.8. The third kappa shape index (κ3) is 4.26. The minimum Gasteiger partial charge on any atom is -0.450 e. The Morgan fingerprint density at radius 3 is 2.43 bits per heavy atom. The Kier molecular flexibility index (Phi) is 6.46. The molecule has 9 heteroatoms. The van der Waals surface area contributed by atoms with Crippen LogP contribution in [0.25, 0.3) is 0 Å². The number of ether oxygens (including phenoxy) is 1. The van der Waals surface area contributed by atoms with E-state index < -0.39 is 21.6 Å². The highest BCUT2D eigenvalue weighted by Crippen LogP contribution is 2.41. The molecule has 28 heavy (non-hydrogen) atoms. The lowest BCUT2D eigenvalue weighted by molar-refractivity contribution is -0.150. The maximum absolute atomic E-state index is 12.9. The molecular formula is C19H31N3O5S. The summed E-state index contributed by atoms with van der Waals surface area (Å²) in [5.41, 5.74) is -0.281. The van der Waals surface area contributed by atoms with Crippen molar-refractivity contribution in [3.63, 3.8) is 0 Å². The van der Waals surface area contributed by atoms with Crippen LogP contribution >= 0.6 is 0 Å². The van der Waals surface area contributed by atoms with Gasteiger partial charge in [-0.1, -0.05) is 0 Å². The molecule has 8 nitrogen and oxygen atoms in total. The van der Waals surface area contributed by atoms with Crippen molar-refractivity contribution in [1.29, 1.82) is 0 Å². The van der Waals surface area contributed by atoms with Crippen molar-refractivity contribution in [2.45, 2.75) is 51.6 Å². The average Bonchev–Trinajstić information content (AvgIpc) is 3.26. The summed E-state index contributed by atoms with van der Waals surface area (Å²) in [5, 5.41) is 2.94. The fourth-order valence-electron chi connectivity index (χ4n) is 4.39. The van der Waals surface area contributed by atoms with Crippen LogP contribution in [-0.2, 0) is 24.3 Å². The molecule has 0 bridgehead atoms. The molecule has 0 radical (unpaired) electrons. The maximum Gasteiger partial charge on any atom is 0.335 e. The molecule has 2 fully saturated rings. The van der Waals surface area contributed by atoms with Crippen molar-refractivity contribution in [2.75, 3.05) is 45.0 Å². The van der Waals surface area contributed by atoms with E-state index in [0.717, 1.165) is 26.1 Å². The molecule has 1 amide bonds. The molecule has 3 aliphatic heterocycles. The number of carbonyl (C=O) groups excluding carboxylic acids is 2. The zero-order valence-electron chi connectivity index (χ0n) is 16.8. The van der Waals surface area contributed by atoms with Crippen LogP contribution in [-0.4, -0.2) is 80.1 Å². The van der Waals surface area contributed by atoms with Gasteiger partial charge in [0, 0.05) is 38.0 Å². The van der Waals surface area contributed by atoms with Crippen LogP contribution in [0.3, 0.4) is 0 Å². The molecule has 1 spiro atoms. The van der Waals surface area contributed by atoms with Crippen LogP contribution in [0.5, 0.6) is 0 Å². The van der Waals surface area contributed by atoms with Gasteiger partial charge in [-0.25, -0.2) is 17.5 Å². The SMILES string of the molecule is CCS(=O)(=O)N1CCC2(CC1)OC(=O)C(C)=C2C(=O)NCCCN1CCCC1. The van der Waals surface area contributed by atoms with Crippen molar-refractivity contribution in [2.24, 2.45) is 0 Å². The number of likely N-dealkylation sites (tertiary alicyclic amines) is 1. The summed E-state index contributed by atoms with van der Waals surface area (Å²) in [6.45, 7) is 7.49. The van der Waals surface area contributed by atoms with E-state index in [1.807, 2.05) is 0 Å². The van der Waals surface area contributed by atoms with Gasteiger partial charge in [-0.2, -0.15) is 0 Å². The Morgan fingerprint density at radius 1 is 1.18 bits per heavy atom. The highest BCUT2D eigenvalue weighted by atomic mass is 32.2. The van der Waals surface area contributed by atoms with Gasteiger partial charge in [0.05, 0.1) is 11.3 Å². The van der Waals surface area contributed by atoms with E-state index in [1.54, 1.807) is 13.8 Å². The Balaban J connectivity index is 1.61. The first-order chi connectivity index (χ1) is 13.3. The van der Waals surface area contributed by atoms with Gasteiger partial charge >= 0.3 is 5.97 Å². The van der Waals surface area contributed by atoms with Crippen molar-refractivity contribution in [1.82, 2.24) is 14.5 Å². The predicted molar refractivity (Wildman–Crippen MR) is 105 cm³/mol. The number of nitrogens with one attached hydrogen (secondary N) is 1. The fraction of sp³-hybridized carbons (Fsp3) is 0.789. The largest absolute Gasteiger partial charge is 0.450 e. The second kappa shape index (κ2) is 8.51. The standard InChI is InChI=1S/C19H31N3O5S/c1-3-28(25,26)22-13-7-19(8-14-22)16(15(2)18(24)27-19)17(23)20-9-6-12-21-10-4-5-11-21/h3-14H2,1-2H3,(H,20,23). The zero-order chi connectivity index (χ0) is 20.4. The van der Waals surface area contributed by atoms with E-state index in [-0.39, 0.29) is 24.7 Å². The fourth-order valence-corrected chi connectivity index (χ4v) is 5.49. The van der Waals surface area contributed by atoms with Crippen LogP contribution in [0, 0.1) is 0 Å². The molecule has 0 aromatic heterocycles. The van der Waals surface area contributed by atoms with E-state index >= 15 is 0 Å². The summed E-state index contributed by atoms with van der Waals surface area (Å²) < 4.78 is 31.3. The summed E-state index contributed by atoms with van der Waals surface area (Å²) in [5.74, 6) is -0.704. The number of rotatable bonds is 7. The number of hydrogen-bond donors (Lipinski definition) is 1. The molecule has 2 saturated heterocycles. The lowest BCUT2D eigenvalue weighted by Gasteiger charge is -2.38. The molecule has 0 atom stereocenters. The molecule has 3 rings (SSSR count). The number of amides is 1. The lowest BCUT2D eigenvalue weighted by atomic mass is 9.83. The third-order valence-electron chi connectivity index (χ3n) is 6.08. The van der Waals surface area contributed by atoms with Gasteiger partial charge < -0.3 is 15.0 Å². The normalized spacial score (nSPS) is 23.4. The smallest absolute Gasteiger partial charge is 0.335 e. The Labute approximate surface area is 167 Å². The monoisotopic (exact) mass is 413 g/mol. The van der Waals surface area contributed by atoms with E-state index in [4.69, 9.17) is 4.74 Å². The predicted octanol–water partition coefficient (Wildman–Crippen LogP) is 0.646. The van der Waals surface area contributed by atoms with E-state index in [2.05, 4.69) is 10.2 Å². The first-order valence-electron chi connectivity index (χ1n) is 10.2. The molecule has 0 saturated carbocycles. The number of sulfonamides is 1. The van der Waals surface area contributed by atoms with Crippen molar-refractivity contribution >= 4 is 21.9 Å². The Bertz CT molecular complexity index is 748. The van der Waals surface area contributed by atoms with Gasteiger partial charge in [-0.3, -0.25) is 4.79 Å². The Hall–Kier alpha value is -1.45. The number of nitrogens with zero attached hydrogens (tertiary/aromatic N) is 2. The summed E-state index contributed by atoms with van der Waals surface area (Å²) in [6, 6.07) is 0. The molecule has 3 heterocycles. The van der Waals surface area contributed by atoms with Crippen LogP contribution in [0.1, 0.15) is 46.0 Å². The maximum atomic E-state index is 12.9. The number of piperidine rings is 1. The number of carbonyl (C=O) groups is 2. The second-order valence-electron chi connectivity index (χ2n) is 7.84. The molecule has 0 unspecified atom stereocenters. The Morgan fingerprint density at radius 2 is 1.82 bits per heavy atom. The van der Waals surface area contributed by atoms with Crippen LogP contribution in [0.4, 0.5) is 0 Å². The van der Waals surface area contributed by atoms with Crippen molar-refractivity contribution in [3.8, 4) is 0 Å². The van der Waals surface area contributed by atoms with E-state index in [1.165, 1.54) is 17.1 Å². The highest BCUT2D eigenvalue weighted by molar-refractivity contribution is 7.89. The molecule has 1 N–H and O–H groups in total. The van der Waals surface area contributed by atoms with Gasteiger partial charge in [-0.05, 0) is 52.7 Å². The molecule has 0 aromatic carbocycles. The zero-order valence-corrected chi connectivity index (χ0v) is 17.6. The molecule has 0 aliphatic carbocycles. The quantitative estimate of drug-likeness (QED) is 0.486. The minimum absolute atomic E-state index is 0.0407. The summed E-state index contributed by atoms with van der Waals surface area (Å²) in [6.07, 6.45) is 3.97. The van der Waals surface area contributed by atoms with Gasteiger partial charge in [0.25, 0.3) is 5.91 Å². The van der Waals surface area contributed by atoms with E-state index in [9.17, 15) is 18.0 Å². The lowest BCUT2D eigenvalue weighted by Crippen LogP contribution is -2.50. The van der Waals surface area contributed by atoms with Gasteiger partial charge in [-0.15, -0.1) is 0 Å².